The maximum absolute atomic E-state index is 13.4. The Bertz CT molecular complexity index is 597. The summed E-state index contributed by atoms with van der Waals surface area (Å²) in [5, 5.41) is 12.7. The summed E-state index contributed by atoms with van der Waals surface area (Å²) >= 11 is 5.59. The molecule has 1 aliphatic rings. The van der Waals surface area contributed by atoms with Crippen LogP contribution in [0.1, 0.15) is 31.4 Å². The Morgan fingerprint density at radius 3 is 2.91 bits per heavy atom. The summed E-state index contributed by atoms with van der Waals surface area (Å²) in [7, 11) is 0. The molecule has 126 valence electrons. The van der Waals surface area contributed by atoms with Gasteiger partial charge in [0, 0.05) is 26.1 Å². The van der Waals surface area contributed by atoms with E-state index in [0.29, 0.717) is 31.5 Å². The van der Waals surface area contributed by atoms with Crippen molar-refractivity contribution in [1.29, 1.82) is 0 Å². The van der Waals surface area contributed by atoms with Crippen LogP contribution >= 0.6 is 11.6 Å². The number of hydrogen-bond donors (Lipinski definition) is 2. The SMILES string of the molecule is CCC(=O)N1CCC(C(=O)NCC(O)c2ccc(Cl)c(F)c2)C1. The number of aliphatic hydroxyl groups is 1. The summed E-state index contributed by atoms with van der Waals surface area (Å²) in [5.74, 6) is -1.04. The van der Waals surface area contributed by atoms with Crippen molar-refractivity contribution in [2.24, 2.45) is 5.92 Å². The third kappa shape index (κ3) is 4.42. The minimum Gasteiger partial charge on any atom is -0.387 e. The Hall–Kier alpha value is -1.66. The van der Waals surface area contributed by atoms with Gasteiger partial charge in [0.05, 0.1) is 17.0 Å². The summed E-state index contributed by atoms with van der Waals surface area (Å²) in [4.78, 5) is 25.4. The molecule has 1 saturated heterocycles. The number of aliphatic hydroxyl groups excluding tert-OH is 1. The molecule has 0 spiro atoms. The number of benzene rings is 1. The number of carbonyl (C=O) groups is 2. The van der Waals surface area contributed by atoms with Gasteiger partial charge in [0.2, 0.25) is 11.8 Å². The molecule has 0 saturated carbocycles. The van der Waals surface area contributed by atoms with Crippen molar-refractivity contribution in [2.75, 3.05) is 19.6 Å². The fourth-order valence-corrected chi connectivity index (χ4v) is 2.72. The standard InChI is InChI=1S/C16H20ClFN2O3/c1-2-15(22)20-6-5-11(9-20)16(23)19-8-14(21)10-3-4-12(17)13(18)7-10/h3-4,7,11,14,21H,2,5-6,8-9H2,1H3,(H,19,23). The van der Waals surface area contributed by atoms with Crippen LogP contribution in [0.2, 0.25) is 5.02 Å². The lowest BCUT2D eigenvalue weighted by Crippen LogP contribution is -2.36. The zero-order valence-corrected chi connectivity index (χ0v) is 13.6. The Kier molecular flexibility index (Phi) is 5.96. The highest BCUT2D eigenvalue weighted by atomic mass is 35.5. The molecule has 1 fully saturated rings. The van der Waals surface area contributed by atoms with Gasteiger partial charge in [-0.3, -0.25) is 9.59 Å². The largest absolute Gasteiger partial charge is 0.387 e. The van der Waals surface area contributed by atoms with Crippen LogP contribution in [-0.2, 0) is 9.59 Å². The van der Waals surface area contributed by atoms with E-state index in [2.05, 4.69) is 5.32 Å². The van der Waals surface area contributed by atoms with E-state index in [1.165, 1.54) is 12.1 Å². The lowest BCUT2D eigenvalue weighted by atomic mass is 10.1. The first kappa shape index (κ1) is 17.7. The van der Waals surface area contributed by atoms with E-state index in [9.17, 15) is 19.1 Å². The molecule has 1 heterocycles. The molecule has 2 atom stereocenters. The smallest absolute Gasteiger partial charge is 0.225 e. The Labute approximate surface area is 139 Å². The van der Waals surface area contributed by atoms with Crippen LogP contribution < -0.4 is 5.32 Å². The van der Waals surface area contributed by atoms with Gasteiger partial charge in [-0.25, -0.2) is 4.39 Å². The molecule has 2 rings (SSSR count). The van der Waals surface area contributed by atoms with E-state index < -0.39 is 11.9 Å². The van der Waals surface area contributed by atoms with Gasteiger partial charge >= 0.3 is 0 Å². The molecule has 23 heavy (non-hydrogen) atoms. The number of halogens is 2. The predicted molar refractivity (Wildman–Crippen MR) is 84.4 cm³/mol. The quantitative estimate of drug-likeness (QED) is 0.858. The van der Waals surface area contributed by atoms with Gasteiger partial charge in [0.25, 0.3) is 0 Å². The zero-order chi connectivity index (χ0) is 17.0. The van der Waals surface area contributed by atoms with Gasteiger partial charge in [-0.05, 0) is 24.1 Å². The maximum atomic E-state index is 13.4. The Balaban J connectivity index is 1.84. The first-order valence-corrected chi connectivity index (χ1v) is 7.98. The molecule has 2 amide bonds. The van der Waals surface area contributed by atoms with Crippen LogP contribution in [0, 0.1) is 11.7 Å². The van der Waals surface area contributed by atoms with Crippen molar-refractivity contribution in [2.45, 2.75) is 25.9 Å². The lowest BCUT2D eigenvalue weighted by Gasteiger charge is -2.17. The predicted octanol–water partition coefficient (Wildman–Crippen LogP) is 1.89. The van der Waals surface area contributed by atoms with Gasteiger partial charge in [0.1, 0.15) is 5.82 Å². The highest BCUT2D eigenvalue weighted by Crippen LogP contribution is 2.21. The van der Waals surface area contributed by atoms with Gasteiger partial charge in [-0.2, -0.15) is 0 Å². The molecule has 2 N–H and O–H groups in total. The van der Waals surface area contributed by atoms with Crippen molar-refractivity contribution in [3.05, 3.63) is 34.6 Å². The summed E-state index contributed by atoms with van der Waals surface area (Å²) in [6, 6.07) is 4.03. The highest BCUT2D eigenvalue weighted by molar-refractivity contribution is 6.30. The monoisotopic (exact) mass is 342 g/mol. The highest BCUT2D eigenvalue weighted by Gasteiger charge is 2.30. The normalized spacial score (nSPS) is 18.8. The minimum atomic E-state index is -1.01. The molecule has 1 aromatic rings. The number of carbonyl (C=O) groups excluding carboxylic acids is 2. The van der Waals surface area contributed by atoms with Crippen LogP contribution in [0.4, 0.5) is 4.39 Å². The summed E-state index contributed by atoms with van der Waals surface area (Å²) < 4.78 is 13.4. The van der Waals surface area contributed by atoms with E-state index in [4.69, 9.17) is 11.6 Å². The van der Waals surface area contributed by atoms with Crippen molar-refractivity contribution in [1.82, 2.24) is 10.2 Å². The molecule has 7 heteroatoms. The molecular weight excluding hydrogens is 323 g/mol. The molecule has 0 aliphatic carbocycles. The average Bonchev–Trinajstić information content (AvgIpc) is 3.04. The van der Waals surface area contributed by atoms with Crippen molar-refractivity contribution in [3.8, 4) is 0 Å². The third-order valence-electron chi connectivity index (χ3n) is 4.01. The fourth-order valence-electron chi connectivity index (χ4n) is 2.60. The summed E-state index contributed by atoms with van der Waals surface area (Å²) in [5.41, 5.74) is 0.349. The second kappa shape index (κ2) is 7.75. The average molecular weight is 343 g/mol. The van der Waals surface area contributed by atoms with E-state index in [1.54, 1.807) is 11.8 Å². The fraction of sp³-hybridized carbons (Fsp3) is 0.500. The first-order valence-electron chi connectivity index (χ1n) is 7.60. The molecule has 0 radical (unpaired) electrons. The maximum Gasteiger partial charge on any atom is 0.225 e. The lowest BCUT2D eigenvalue weighted by molar-refractivity contribution is -0.130. The Morgan fingerprint density at radius 2 is 2.26 bits per heavy atom. The number of nitrogens with one attached hydrogen (secondary N) is 1. The van der Waals surface area contributed by atoms with Crippen molar-refractivity contribution in [3.63, 3.8) is 0 Å². The summed E-state index contributed by atoms with van der Waals surface area (Å²) in [6.45, 7) is 2.76. The van der Waals surface area contributed by atoms with Crippen LogP contribution in [0.15, 0.2) is 18.2 Å². The van der Waals surface area contributed by atoms with E-state index in [-0.39, 0.29) is 29.3 Å². The van der Waals surface area contributed by atoms with Crippen LogP contribution in [0.3, 0.4) is 0 Å². The zero-order valence-electron chi connectivity index (χ0n) is 12.9. The van der Waals surface area contributed by atoms with E-state index >= 15 is 0 Å². The van der Waals surface area contributed by atoms with Crippen LogP contribution in [-0.4, -0.2) is 41.5 Å². The number of hydrogen-bond acceptors (Lipinski definition) is 3. The molecule has 0 aromatic heterocycles. The van der Waals surface area contributed by atoms with Crippen molar-refractivity contribution >= 4 is 23.4 Å². The van der Waals surface area contributed by atoms with Crippen LogP contribution in [0.25, 0.3) is 0 Å². The summed E-state index contributed by atoms with van der Waals surface area (Å²) in [6.07, 6.45) is 0.0267. The van der Waals surface area contributed by atoms with Crippen LogP contribution in [0.5, 0.6) is 0 Å². The third-order valence-corrected chi connectivity index (χ3v) is 4.32. The molecule has 1 aromatic carbocycles. The molecule has 5 nitrogen and oxygen atoms in total. The second-order valence-electron chi connectivity index (χ2n) is 5.61. The number of amides is 2. The minimum absolute atomic E-state index is 0.0157. The van der Waals surface area contributed by atoms with Gasteiger partial charge < -0.3 is 15.3 Å². The van der Waals surface area contributed by atoms with Crippen molar-refractivity contribution < 1.29 is 19.1 Å². The first-order chi connectivity index (χ1) is 10.9. The molecule has 2 unspecified atom stereocenters. The molecule has 0 bridgehead atoms. The molecular formula is C16H20ClFN2O3. The van der Waals surface area contributed by atoms with Gasteiger partial charge in [-0.1, -0.05) is 24.6 Å². The molecule has 1 aliphatic heterocycles. The van der Waals surface area contributed by atoms with Gasteiger partial charge in [0.15, 0.2) is 0 Å². The number of likely N-dealkylation sites (tertiary alicyclic amines) is 1. The number of rotatable bonds is 5. The van der Waals surface area contributed by atoms with E-state index in [1.807, 2.05) is 0 Å². The van der Waals surface area contributed by atoms with E-state index in [0.717, 1.165) is 6.07 Å². The second-order valence-corrected chi connectivity index (χ2v) is 6.02. The topological polar surface area (TPSA) is 69.6 Å². The Morgan fingerprint density at radius 1 is 1.52 bits per heavy atom. The van der Waals surface area contributed by atoms with Gasteiger partial charge in [-0.15, -0.1) is 0 Å². The number of nitrogens with zero attached hydrogens (tertiary/aromatic N) is 1.